The molecule has 0 radical (unpaired) electrons. The largest absolute Gasteiger partial charge is 0.493 e. The normalized spacial score (nSPS) is 16.5. The van der Waals surface area contributed by atoms with Gasteiger partial charge in [-0.2, -0.15) is 0 Å². The smallest absolute Gasteiger partial charge is 0.231 e. The fraction of sp³-hybridized carbons (Fsp3) is 0.476. The number of morpholine rings is 1. The van der Waals surface area contributed by atoms with Crippen LogP contribution in [0.4, 0.5) is 0 Å². The number of ether oxygens (including phenoxy) is 4. The molecular formula is C21H27N3O4. The maximum absolute atomic E-state index is 5.58. The lowest BCUT2D eigenvalue weighted by Crippen LogP contribution is -2.41. The van der Waals surface area contributed by atoms with E-state index in [1.54, 1.807) is 7.11 Å². The zero-order chi connectivity index (χ0) is 19.2. The molecule has 150 valence electrons. The highest BCUT2D eigenvalue weighted by Gasteiger charge is 2.21. The van der Waals surface area contributed by atoms with Crippen molar-refractivity contribution >= 4 is 0 Å². The molecule has 1 fully saturated rings. The number of pyridine rings is 1. The number of hydrogen-bond acceptors (Lipinski definition) is 7. The summed E-state index contributed by atoms with van der Waals surface area (Å²) in [5.74, 6) is 2.17. The first kappa shape index (κ1) is 19.0. The van der Waals surface area contributed by atoms with Crippen molar-refractivity contribution < 1.29 is 18.9 Å². The molecule has 7 heteroatoms. The molecule has 0 atom stereocenters. The molecule has 0 bridgehead atoms. The average molecular weight is 385 g/mol. The lowest BCUT2D eigenvalue weighted by atomic mass is 10.1. The molecule has 2 aromatic rings. The number of hydrogen-bond donors (Lipinski definition) is 0. The molecule has 3 heterocycles. The summed E-state index contributed by atoms with van der Waals surface area (Å²) < 4.78 is 22.1. The van der Waals surface area contributed by atoms with Gasteiger partial charge in [0.25, 0.3) is 0 Å². The minimum absolute atomic E-state index is 0.242. The number of fused-ring (bicyclic) bond motifs is 1. The van der Waals surface area contributed by atoms with Crippen molar-refractivity contribution in [1.29, 1.82) is 0 Å². The molecular weight excluding hydrogens is 358 g/mol. The van der Waals surface area contributed by atoms with Crippen LogP contribution in [0.5, 0.6) is 17.2 Å². The second-order valence-corrected chi connectivity index (χ2v) is 7.06. The lowest BCUT2D eigenvalue weighted by Gasteiger charge is -2.30. The summed E-state index contributed by atoms with van der Waals surface area (Å²) in [5.41, 5.74) is 2.35. The van der Waals surface area contributed by atoms with E-state index in [9.17, 15) is 0 Å². The van der Waals surface area contributed by atoms with E-state index in [0.29, 0.717) is 5.75 Å². The van der Waals surface area contributed by atoms with Crippen molar-refractivity contribution in [2.24, 2.45) is 0 Å². The van der Waals surface area contributed by atoms with Crippen LogP contribution in [0.3, 0.4) is 0 Å². The Kier molecular flexibility index (Phi) is 6.26. The third-order valence-electron chi connectivity index (χ3n) is 5.09. The summed E-state index contributed by atoms with van der Waals surface area (Å²) in [7, 11) is 1.66. The van der Waals surface area contributed by atoms with Gasteiger partial charge in [0, 0.05) is 51.7 Å². The Bertz CT molecular complexity index is 766. The van der Waals surface area contributed by atoms with Crippen molar-refractivity contribution in [3.63, 3.8) is 0 Å². The molecule has 1 aromatic carbocycles. The molecule has 1 saturated heterocycles. The van der Waals surface area contributed by atoms with Gasteiger partial charge >= 0.3 is 0 Å². The second-order valence-electron chi connectivity index (χ2n) is 7.06. The Morgan fingerprint density at radius 1 is 1.14 bits per heavy atom. The Morgan fingerprint density at radius 3 is 2.79 bits per heavy atom. The van der Waals surface area contributed by atoms with Crippen LogP contribution in [-0.4, -0.2) is 68.1 Å². The van der Waals surface area contributed by atoms with Crippen molar-refractivity contribution in [3.8, 4) is 17.2 Å². The van der Waals surface area contributed by atoms with Crippen LogP contribution in [0.2, 0.25) is 0 Å². The van der Waals surface area contributed by atoms with Gasteiger partial charge in [-0.15, -0.1) is 0 Å². The molecule has 2 aliphatic heterocycles. The van der Waals surface area contributed by atoms with E-state index in [0.717, 1.165) is 69.5 Å². The van der Waals surface area contributed by atoms with E-state index in [1.165, 1.54) is 5.56 Å². The number of nitrogens with zero attached hydrogens (tertiary/aromatic N) is 3. The van der Waals surface area contributed by atoms with Crippen LogP contribution in [0.25, 0.3) is 0 Å². The Morgan fingerprint density at radius 2 is 2.00 bits per heavy atom. The van der Waals surface area contributed by atoms with E-state index in [1.807, 2.05) is 24.5 Å². The first-order valence-corrected chi connectivity index (χ1v) is 9.69. The molecule has 0 saturated carbocycles. The van der Waals surface area contributed by atoms with Gasteiger partial charge < -0.3 is 18.9 Å². The number of methoxy groups -OCH3 is 1. The number of rotatable bonds is 8. The highest BCUT2D eigenvalue weighted by Crippen LogP contribution is 2.42. The van der Waals surface area contributed by atoms with Crippen molar-refractivity contribution in [2.75, 3.05) is 53.3 Å². The molecule has 0 spiro atoms. The minimum atomic E-state index is 0.242. The summed E-state index contributed by atoms with van der Waals surface area (Å²) >= 11 is 0. The third kappa shape index (κ3) is 4.73. The maximum Gasteiger partial charge on any atom is 0.231 e. The average Bonchev–Trinajstić information content (AvgIpc) is 3.21. The number of benzene rings is 1. The van der Waals surface area contributed by atoms with E-state index < -0.39 is 0 Å². The van der Waals surface area contributed by atoms with Gasteiger partial charge in [0.15, 0.2) is 11.5 Å². The van der Waals surface area contributed by atoms with Crippen molar-refractivity contribution in [1.82, 2.24) is 14.8 Å². The first-order valence-electron chi connectivity index (χ1n) is 9.69. The topological polar surface area (TPSA) is 56.3 Å². The Hall–Kier alpha value is -2.35. The van der Waals surface area contributed by atoms with Crippen LogP contribution >= 0.6 is 0 Å². The molecule has 2 aliphatic rings. The molecule has 1 aromatic heterocycles. The Labute approximate surface area is 165 Å². The summed E-state index contributed by atoms with van der Waals surface area (Å²) in [6.07, 6.45) is 3.74. The molecule has 0 amide bonds. The molecule has 0 unspecified atom stereocenters. The van der Waals surface area contributed by atoms with Crippen LogP contribution in [-0.2, 0) is 17.8 Å². The third-order valence-corrected chi connectivity index (χ3v) is 5.09. The predicted molar refractivity (Wildman–Crippen MR) is 105 cm³/mol. The Balaban J connectivity index is 1.48. The van der Waals surface area contributed by atoms with E-state index in [-0.39, 0.29) is 6.79 Å². The molecule has 7 nitrogen and oxygen atoms in total. The zero-order valence-electron chi connectivity index (χ0n) is 16.3. The molecule has 0 aliphatic carbocycles. The second kappa shape index (κ2) is 9.23. The SMILES string of the molecule is COc1cc(CN(CCN2CCOCC2)Cc2cccnc2)cc2c1OCO2. The lowest BCUT2D eigenvalue weighted by molar-refractivity contribution is 0.0325. The number of aromatic nitrogens is 1. The fourth-order valence-electron chi connectivity index (χ4n) is 3.60. The van der Waals surface area contributed by atoms with E-state index >= 15 is 0 Å². The zero-order valence-corrected chi connectivity index (χ0v) is 16.3. The standard InChI is InChI=1S/C21H27N3O4/c1-25-19-11-18(12-20-21(19)28-16-27-20)15-24(14-17-3-2-4-22-13-17)6-5-23-7-9-26-10-8-23/h2-4,11-13H,5-10,14-16H2,1H3. The van der Waals surface area contributed by atoms with Crippen LogP contribution in [0, 0.1) is 0 Å². The summed E-state index contributed by atoms with van der Waals surface area (Å²) in [6, 6.07) is 8.20. The van der Waals surface area contributed by atoms with Crippen molar-refractivity contribution in [3.05, 3.63) is 47.8 Å². The fourth-order valence-corrected chi connectivity index (χ4v) is 3.60. The van der Waals surface area contributed by atoms with Crippen LogP contribution in [0.1, 0.15) is 11.1 Å². The summed E-state index contributed by atoms with van der Waals surface area (Å²) in [5, 5.41) is 0. The minimum Gasteiger partial charge on any atom is -0.493 e. The monoisotopic (exact) mass is 385 g/mol. The van der Waals surface area contributed by atoms with E-state index in [4.69, 9.17) is 18.9 Å². The van der Waals surface area contributed by atoms with Gasteiger partial charge in [-0.1, -0.05) is 6.07 Å². The molecule has 4 rings (SSSR count). The molecule has 0 N–H and O–H groups in total. The summed E-state index contributed by atoms with van der Waals surface area (Å²) in [4.78, 5) is 9.15. The van der Waals surface area contributed by atoms with Crippen LogP contribution in [0.15, 0.2) is 36.7 Å². The predicted octanol–water partition coefficient (Wildman–Crippen LogP) is 2.15. The first-order chi connectivity index (χ1) is 13.8. The molecule has 28 heavy (non-hydrogen) atoms. The van der Waals surface area contributed by atoms with Gasteiger partial charge in [-0.3, -0.25) is 14.8 Å². The maximum atomic E-state index is 5.58. The van der Waals surface area contributed by atoms with Gasteiger partial charge in [0.2, 0.25) is 12.5 Å². The van der Waals surface area contributed by atoms with Crippen molar-refractivity contribution in [2.45, 2.75) is 13.1 Å². The summed E-state index contributed by atoms with van der Waals surface area (Å²) in [6.45, 7) is 7.50. The van der Waals surface area contributed by atoms with E-state index in [2.05, 4.69) is 26.9 Å². The van der Waals surface area contributed by atoms with Gasteiger partial charge in [-0.05, 0) is 29.3 Å². The quantitative estimate of drug-likeness (QED) is 0.690. The van der Waals surface area contributed by atoms with Crippen LogP contribution < -0.4 is 14.2 Å². The highest BCUT2D eigenvalue weighted by molar-refractivity contribution is 5.55. The van der Waals surface area contributed by atoms with Gasteiger partial charge in [0.1, 0.15) is 0 Å². The van der Waals surface area contributed by atoms with Gasteiger partial charge in [-0.25, -0.2) is 0 Å². The highest BCUT2D eigenvalue weighted by atomic mass is 16.7. The van der Waals surface area contributed by atoms with Gasteiger partial charge in [0.05, 0.1) is 20.3 Å².